The Kier molecular flexibility index (Phi) is 5.33. The van der Waals surface area contributed by atoms with Gasteiger partial charge in [0.05, 0.1) is 22.8 Å². The summed E-state index contributed by atoms with van der Waals surface area (Å²) < 4.78 is 0. The Hall–Kier alpha value is -3.40. The topological polar surface area (TPSA) is 57.4 Å². The van der Waals surface area contributed by atoms with Crippen molar-refractivity contribution in [3.05, 3.63) is 68.8 Å². The van der Waals surface area contributed by atoms with Crippen molar-refractivity contribution >= 4 is 44.4 Å². The third-order valence-electron chi connectivity index (χ3n) is 8.78. The Morgan fingerprint density at radius 3 is 2.14 bits per heavy atom. The van der Waals surface area contributed by atoms with E-state index in [1.54, 1.807) is 0 Å². The van der Waals surface area contributed by atoms with Gasteiger partial charge in [0.15, 0.2) is 0 Å². The molecule has 5 heterocycles. The molecular weight excluding hydrogens is 440 g/mol. The first kappa shape index (κ1) is 23.0. The van der Waals surface area contributed by atoms with E-state index in [0.29, 0.717) is 0 Å². The molecule has 6 rings (SSSR count). The van der Waals surface area contributed by atoms with Crippen LogP contribution in [0.4, 0.5) is 0 Å². The van der Waals surface area contributed by atoms with Gasteiger partial charge in [-0.1, -0.05) is 13.8 Å². The van der Waals surface area contributed by atoms with Crippen LogP contribution in [0.5, 0.6) is 0 Å². The second-order valence-corrected chi connectivity index (χ2v) is 10.6. The van der Waals surface area contributed by atoms with Gasteiger partial charge in [-0.25, -0.2) is 9.97 Å². The second kappa shape index (κ2) is 8.33. The lowest BCUT2D eigenvalue weighted by molar-refractivity contribution is 0.798. The zero-order chi connectivity index (χ0) is 25.3. The monoisotopic (exact) mass is 476 g/mol. The van der Waals surface area contributed by atoms with Crippen molar-refractivity contribution in [1.29, 1.82) is 0 Å². The molecule has 36 heavy (non-hydrogen) atoms. The summed E-state index contributed by atoms with van der Waals surface area (Å²) in [6, 6.07) is 6.78. The Morgan fingerprint density at radius 1 is 0.667 bits per heavy atom. The normalized spacial score (nSPS) is 15.3. The van der Waals surface area contributed by atoms with Crippen LogP contribution < -0.4 is 0 Å². The van der Waals surface area contributed by atoms with Gasteiger partial charge in [-0.2, -0.15) is 0 Å². The standard InChI is InChI=1S/C32H36N4/c1-8-21-18(5)26-13-25-16(3)17(4)31(35-25)24-12-10-11-23-20(7)28(36-32(23)24)14-27-19(6)22(9-2)30(34-27)15-29(21)33-26/h13-15,34,36H,8-12H2,1-7H3. The molecule has 2 aliphatic heterocycles. The summed E-state index contributed by atoms with van der Waals surface area (Å²) in [5, 5.41) is 0. The number of rotatable bonds is 2. The van der Waals surface area contributed by atoms with Gasteiger partial charge in [-0.05, 0) is 129 Å². The molecule has 0 amide bonds. The molecule has 4 heteroatoms. The summed E-state index contributed by atoms with van der Waals surface area (Å²) in [5.41, 5.74) is 21.2. The van der Waals surface area contributed by atoms with Crippen molar-refractivity contribution in [2.45, 2.75) is 80.6 Å². The van der Waals surface area contributed by atoms with Crippen LogP contribution in [0.3, 0.4) is 0 Å². The summed E-state index contributed by atoms with van der Waals surface area (Å²) in [4.78, 5) is 18.0. The maximum atomic E-state index is 5.23. The van der Waals surface area contributed by atoms with Crippen molar-refractivity contribution in [2.75, 3.05) is 0 Å². The van der Waals surface area contributed by atoms with E-state index in [2.05, 4.69) is 76.6 Å². The lowest BCUT2D eigenvalue weighted by Crippen LogP contribution is -2.02. The highest BCUT2D eigenvalue weighted by Crippen LogP contribution is 2.39. The maximum absolute atomic E-state index is 5.23. The lowest BCUT2D eigenvalue weighted by atomic mass is 9.91. The molecule has 0 spiro atoms. The minimum Gasteiger partial charge on any atom is -0.355 e. The highest BCUT2D eigenvalue weighted by Gasteiger charge is 2.24. The maximum Gasteiger partial charge on any atom is 0.0722 e. The average Bonchev–Trinajstić information content (AvgIpc) is 3.53. The molecule has 0 atom stereocenters. The van der Waals surface area contributed by atoms with E-state index in [0.717, 1.165) is 54.9 Å². The Bertz CT molecular complexity index is 1670. The molecule has 0 unspecified atom stereocenters. The van der Waals surface area contributed by atoms with E-state index in [1.165, 1.54) is 72.2 Å². The van der Waals surface area contributed by atoms with Gasteiger partial charge < -0.3 is 9.97 Å². The molecular formula is C32H36N4. The fourth-order valence-corrected chi connectivity index (χ4v) is 6.41. The number of nitrogens with one attached hydrogen (secondary N) is 2. The van der Waals surface area contributed by atoms with Crippen molar-refractivity contribution in [3.63, 3.8) is 0 Å². The molecule has 8 bridgehead atoms. The SMILES string of the molecule is CCC1=C(C)c2cc3nc(c4c5[nH]c(cc6[nH]c(cc1n2)c(CC)c6C)c(C)c5CCC4)C(C)=C3C. The highest BCUT2D eigenvalue weighted by molar-refractivity contribution is 5.96. The molecule has 0 fully saturated rings. The number of fused-ring (bicyclic) bond motifs is 8. The molecule has 4 nitrogen and oxygen atoms in total. The predicted octanol–water partition coefficient (Wildman–Crippen LogP) is 8.27. The number of hydrogen-bond donors (Lipinski definition) is 2. The average molecular weight is 477 g/mol. The number of H-pyrrole nitrogens is 2. The zero-order valence-electron chi connectivity index (χ0n) is 22.7. The van der Waals surface area contributed by atoms with E-state index < -0.39 is 0 Å². The lowest BCUT2D eigenvalue weighted by Gasteiger charge is -2.13. The number of aromatic nitrogens is 4. The van der Waals surface area contributed by atoms with Crippen LogP contribution >= 0.6 is 0 Å². The van der Waals surface area contributed by atoms with Gasteiger partial charge in [-0.15, -0.1) is 0 Å². The van der Waals surface area contributed by atoms with Crippen LogP contribution in [0.15, 0.2) is 18.2 Å². The van der Waals surface area contributed by atoms with Crippen LogP contribution in [0.1, 0.15) is 98.1 Å². The van der Waals surface area contributed by atoms with E-state index in [-0.39, 0.29) is 0 Å². The van der Waals surface area contributed by atoms with E-state index >= 15 is 0 Å². The van der Waals surface area contributed by atoms with Gasteiger partial charge in [0.2, 0.25) is 0 Å². The highest BCUT2D eigenvalue weighted by atomic mass is 14.8. The third-order valence-corrected chi connectivity index (χ3v) is 8.78. The van der Waals surface area contributed by atoms with Crippen LogP contribution in [0.2, 0.25) is 0 Å². The van der Waals surface area contributed by atoms with Gasteiger partial charge in [0.1, 0.15) is 0 Å². The van der Waals surface area contributed by atoms with Crippen LogP contribution in [0, 0.1) is 13.8 Å². The summed E-state index contributed by atoms with van der Waals surface area (Å²) in [7, 11) is 0. The number of allylic oxidation sites excluding steroid dienone is 4. The van der Waals surface area contributed by atoms with Gasteiger partial charge in [-0.3, -0.25) is 0 Å². The molecule has 184 valence electrons. The zero-order valence-corrected chi connectivity index (χ0v) is 22.7. The quantitative estimate of drug-likeness (QED) is 0.391. The number of aromatic amines is 2. The van der Waals surface area contributed by atoms with E-state index in [4.69, 9.17) is 9.97 Å². The molecule has 0 radical (unpaired) electrons. The molecule has 3 aromatic rings. The van der Waals surface area contributed by atoms with Gasteiger partial charge >= 0.3 is 0 Å². The molecule has 3 aromatic heterocycles. The summed E-state index contributed by atoms with van der Waals surface area (Å²) >= 11 is 0. The molecule has 0 saturated carbocycles. The Labute approximate surface area is 213 Å². The van der Waals surface area contributed by atoms with E-state index in [9.17, 15) is 0 Å². The van der Waals surface area contributed by atoms with Crippen LogP contribution in [0.25, 0.3) is 44.4 Å². The molecule has 0 saturated heterocycles. The second-order valence-electron chi connectivity index (χ2n) is 10.6. The smallest absolute Gasteiger partial charge is 0.0722 e. The van der Waals surface area contributed by atoms with Crippen molar-refractivity contribution in [2.24, 2.45) is 0 Å². The molecule has 1 aliphatic carbocycles. The van der Waals surface area contributed by atoms with Gasteiger partial charge in [0, 0.05) is 27.6 Å². The first-order chi connectivity index (χ1) is 17.3. The van der Waals surface area contributed by atoms with Crippen molar-refractivity contribution in [3.8, 4) is 0 Å². The number of nitrogens with zero attached hydrogens (tertiary/aromatic N) is 2. The summed E-state index contributed by atoms with van der Waals surface area (Å²) in [6.07, 6.45) is 5.29. The van der Waals surface area contributed by atoms with Crippen LogP contribution in [-0.2, 0) is 19.3 Å². The van der Waals surface area contributed by atoms with Gasteiger partial charge in [0.25, 0.3) is 0 Å². The number of hydrogen-bond acceptors (Lipinski definition) is 2. The molecule has 3 aliphatic rings. The minimum atomic E-state index is 0.960. The van der Waals surface area contributed by atoms with Crippen molar-refractivity contribution < 1.29 is 0 Å². The summed E-state index contributed by atoms with van der Waals surface area (Å²) in [6.45, 7) is 15.6. The first-order valence-corrected chi connectivity index (χ1v) is 13.5. The minimum absolute atomic E-state index is 0.960. The third kappa shape index (κ3) is 3.27. The Morgan fingerprint density at radius 2 is 1.39 bits per heavy atom. The summed E-state index contributed by atoms with van der Waals surface area (Å²) in [5.74, 6) is 0. The largest absolute Gasteiger partial charge is 0.355 e. The van der Waals surface area contributed by atoms with Crippen LogP contribution in [-0.4, -0.2) is 19.9 Å². The van der Waals surface area contributed by atoms with Crippen molar-refractivity contribution in [1.82, 2.24) is 19.9 Å². The first-order valence-electron chi connectivity index (χ1n) is 13.5. The predicted molar refractivity (Wildman–Crippen MR) is 153 cm³/mol. The molecule has 2 N–H and O–H groups in total. The van der Waals surface area contributed by atoms with E-state index in [1.807, 2.05) is 0 Å². The fraction of sp³-hybridized carbons (Fsp3) is 0.375. The molecule has 0 aromatic carbocycles. The Balaban J connectivity index is 1.84. The number of aryl methyl sites for hydroxylation is 5. The fourth-order valence-electron chi connectivity index (χ4n) is 6.41.